The van der Waals surface area contributed by atoms with Gasteiger partial charge in [0.1, 0.15) is 0 Å². The number of nitrogens with zero attached hydrogens (tertiary/aromatic N) is 1. The number of carbonyl (C=O) groups excluding carboxylic acids is 1. The Kier molecular flexibility index (Phi) is 0.962. The molecule has 7 heteroatoms. The Labute approximate surface area is 44.8 Å². The minimum Gasteiger partial charge on any atom is -0.274 e. The van der Waals surface area contributed by atoms with E-state index in [0.717, 1.165) is 0 Å². The zero-order valence-corrected chi connectivity index (χ0v) is 4.29. The third kappa shape index (κ3) is 0.782. The molecule has 0 aromatic carbocycles. The SMILES string of the molecule is O=CN1OS(=O)(=O)O1. The van der Waals surface area contributed by atoms with Crippen molar-refractivity contribution in [1.82, 2.24) is 5.23 Å². The Bertz CT molecular complexity index is 180. The van der Waals surface area contributed by atoms with Gasteiger partial charge in [0.05, 0.1) is 0 Å². The summed E-state index contributed by atoms with van der Waals surface area (Å²) in [5.41, 5.74) is 0. The van der Waals surface area contributed by atoms with E-state index in [2.05, 4.69) is 8.57 Å². The molecule has 0 unspecified atom stereocenters. The highest BCUT2D eigenvalue weighted by atomic mass is 32.3. The van der Waals surface area contributed by atoms with Gasteiger partial charge in [-0.1, -0.05) is 13.8 Å². The van der Waals surface area contributed by atoms with Gasteiger partial charge in [-0.05, 0) is 0 Å². The monoisotopic (exact) mass is 139 g/mol. The van der Waals surface area contributed by atoms with Crippen molar-refractivity contribution >= 4 is 16.8 Å². The molecule has 6 nitrogen and oxygen atoms in total. The molecule has 0 aromatic heterocycles. The van der Waals surface area contributed by atoms with Gasteiger partial charge in [-0.15, -0.1) is 0 Å². The van der Waals surface area contributed by atoms with Gasteiger partial charge < -0.3 is 0 Å². The summed E-state index contributed by atoms with van der Waals surface area (Å²) in [5, 5.41) is 0.190. The van der Waals surface area contributed by atoms with E-state index in [1.165, 1.54) is 0 Å². The highest BCUT2D eigenvalue weighted by molar-refractivity contribution is 7.82. The molecule has 0 saturated carbocycles. The van der Waals surface area contributed by atoms with Crippen molar-refractivity contribution in [3.63, 3.8) is 0 Å². The molecule has 1 aliphatic rings. The number of carbonyl (C=O) groups is 1. The smallest absolute Gasteiger partial charge is 0.274 e. The molecule has 1 rings (SSSR count). The highest BCUT2D eigenvalue weighted by Gasteiger charge is 2.33. The fraction of sp³-hybridized carbons (Fsp3) is 0. The second-order valence-corrected chi connectivity index (χ2v) is 2.06. The molecule has 0 aromatic rings. The largest absolute Gasteiger partial charge is 0.446 e. The van der Waals surface area contributed by atoms with Crippen LogP contribution in [0, 0.1) is 0 Å². The van der Waals surface area contributed by atoms with Gasteiger partial charge in [0.15, 0.2) is 0 Å². The number of rotatable bonds is 1. The average molecular weight is 139 g/mol. The standard InChI is InChI=1S/CHNO5S/c3-1-2-6-8(4,5)7-2/h1H. The topological polar surface area (TPSA) is 72.9 Å². The van der Waals surface area contributed by atoms with Crippen LogP contribution in [0.15, 0.2) is 0 Å². The first kappa shape index (κ1) is 5.48. The third-order valence-corrected chi connectivity index (χ3v) is 1.07. The lowest BCUT2D eigenvalue weighted by atomic mass is 11.4. The maximum atomic E-state index is 9.81. The van der Waals surface area contributed by atoms with Crippen molar-refractivity contribution in [1.29, 1.82) is 0 Å². The quantitative estimate of drug-likeness (QED) is 0.416. The minimum atomic E-state index is -3.85. The van der Waals surface area contributed by atoms with Crippen LogP contribution < -0.4 is 0 Å². The average Bonchev–Trinajstić information content (AvgIpc) is 1.60. The summed E-state index contributed by atoms with van der Waals surface area (Å²) in [6.45, 7) is 0. The maximum Gasteiger partial charge on any atom is 0.446 e. The Morgan fingerprint density at radius 3 is 2.00 bits per heavy atom. The molecule has 46 valence electrons. The van der Waals surface area contributed by atoms with Crippen molar-refractivity contribution < 1.29 is 21.8 Å². The van der Waals surface area contributed by atoms with E-state index >= 15 is 0 Å². The molecule has 0 spiro atoms. The van der Waals surface area contributed by atoms with Crippen LogP contribution in [0.2, 0.25) is 0 Å². The zero-order chi connectivity index (χ0) is 6.20. The highest BCUT2D eigenvalue weighted by Crippen LogP contribution is 2.12. The van der Waals surface area contributed by atoms with Crippen LogP contribution in [0.25, 0.3) is 0 Å². The first-order valence-corrected chi connectivity index (χ1v) is 2.86. The van der Waals surface area contributed by atoms with Crippen LogP contribution in [0.5, 0.6) is 0 Å². The van der Waals surface area contributed by atoms with Crippen molar-refractivity contribution in [2.75, 3.05) is 0 Å². The van der Waals surface area contributed by atoms with Crippen molar-refractivity contribution in [2.24, 2.45) is 0 Å². The minimum absolute atomic E-state index is 0.0844. The molecule has 0 bridgehead atoms. The van der Waals surface area contributed by atoms with E-state index < -0.39 is 10.4 Å². The molecule has 1 heterocycles. The van der Waals surface area contributed by atoms with E-state index in [4.69, 9.17) is 0 Å². The van der Waals surface area contributed by atoms with E-state index in [9.17, 15) is 13.2 Å². The second-order valence-electron chi connectivity index (χ2n) is 0.948. The first-order chi connectivity index (χ1) is 3.64. The van der Waals surface area contributed by atoms with Crippen molar-refractivity contribution in [3.05, 3.63) is 0 Å². The zero-order valence-electron chi connectivity index (χ0n) is 3.47. The predicted molar refractivity (Wildman–Crippen MR) is 19.0 cm³/mol. The molecule has 1 fully saturated rings. The normalized spacial score (nSPS) is 24.2. The van der Waals surface area contributed by atoms with Crippen LogP contribution in [0.3, 0.4) is 0 Å². The summed E-state index contributed by atoms with van der Waals surface area (Å²) in [4.78, 5) is 9.49. The molecule has 0 aliphatic carbocycles. The lowest BCUT2D eigenvalue weighted by molar-refractivity contribution is -0.291. The van der Waals surface area contributed by atoms with Crippen LogP contribution >= 0.6 is 0 Å². The fourth-order valence-electron chi connectivity index (χ4n) is 0.221. The number of amides is 1. The lowest BCUT2D eigenvalue weighted by Crippen LogP contribution is -2.40. The number of hydrogen-bond acceptors (Lipinski definition) is 5. The van der Waals surface area contributed by atoms with Gasteiger partial charge in [-0.3, -0.25) is 4.79 Å². The Hall–Kier alpha value is -0.660. The van der Waals surface area contributed by atoms with Gasteiger partial charge in [-0.2, -0.15) is 8.42 Å². The van der Waals surface area contributed by atoms with Gasteiger partial charge >= 0.3 is 10.4 Å². The molecular weight excluding hydrogens is 138 g/mol. The molecule has 1 amide bonds. The predicted octanol–water partition coefficient (Wildman–Crippen LogP) is -1.43. The molecule has 0 N–H and O–H groups in total. The van der Waals surface area contributed by atoms with E-state index in [1.807, 2.05) is 0 Å². The van der Waals surface area contributed by atoms with Gasteiger partial charge in [0.25, 0.3) is 6.41 Å². The molecule has 8 heavy (non-hydrogen) atoms. The van der Waals surface area contributed by atoms with Gasteiger partial charge in [0.2, 0.25) is 0 Å². The van der Waals surface area contributed by atoms with Crippen LogP contribution in [-0.4, -0.2) is 20.1 Å². The Morgan fingerprint density at radius 2 is 1.88 bits per heavy atom. The molecule has 1 aliphatic heterocycles. The fourth-order valence-corrected chi connectivity index (χ4v) is 0.662. The van der Waals surface area contributed by atoms with Crippen LogP contribution in [-0.2, 0) is 23.8 Å². The Morgan fingerprint density at radius 1 is 1.38 bits per heavy atom. The van der Waals surface area contributed by atoms with Gasteiger partial charge in [-0.25, -0.2) is 0 Å². The van der Waals surface area contributed by atoms with E-state index in [-0.39, 0.29) is 11.6 Å². The summed E-state index contributed by atoms with van der Waals surface area (Å²) in [6.07, 6.45) is 0.0844. The summed E-state index contributed by atoms with van der Waals surface area (Å²) < 4.78 is 27.0. The molecule has 1 saturated heterocycles. The number of hydrogen-bond donors (Lipinski definition) is 0. The van der Waals surface area contributed by atoms with Crippen molar-refractivity contribution in [3.8, 4) is 0 Å². The molecule has 0 radical (unpaired) electrons. The third-order valence-electron chi connectivity index (χ3n) is 0.416. The maximum absolute atomic E-state index is 9.81. The first-order valence-electron chi connectivity index (χ1n) is 1.53. The van der Waals surface area contributed by atoms with E-state index in [0.29, 0.717) is 0 Å². The number of hydroxylamine groups is 2. The summed E-state index contributed by atoms with van der Waals surface area (Å²) >= 11 is 0. The van der Waals surface area contributed by atoms with Crippen LogP contribution in [0.4, 0.5) is 0 Å². The summed E-state index contributed by atoms with van der Waals surface area (Å²) in [6, 6.07) is 0. The second kappa shape index (κ2) is 1.41. The Balaban J connectivity index is 2.55. The van der Waals surface area contributed by atoms with E-state index in [1.54, 1.807) is 0 Å². The van der Waals surface area contributed by atoms with Gasteiger partial charge in [0, 0.05) is 0 Å². The van der Waals surface area contributed by atoms with Crippen molar-refractivity contribution in [2.45, 2.75) is 0 Å². The van der Waals surface area contributed by atoms with Crippen LogP contribution in [0.1, 0.15) is 0 Å². The summed E-state index contributed by atoms with van der Waals surface area (Å²) in [7, 11) is -3.85. The molecular formula is CHNO5S. The lowest BCUT2D eigenvalue weighted by Gasteiger charge is -2.20. The molecule has 0 atom stereocenters. The summed E-state index contributed by atoms with van der Waals surface area (Å²) in [5.74, 6) is 0.